The van der Waals surface area contributed by atoms with Gasteiger partial charge >= 0.3 is 7.12 Å². The van der Waals surface area contributed by atoms with E-state index >= 15 is 0 Å². The van der Waals surface area contributed by atoms with Crippen molar-refractivity contribution in [1.82, 2.24) is 21.3 Å². The molecule has 0 aliphatic carbocycles. The lowest BCUT2D eigenvalue weighted by molar-refractivity contribution is -0.132. The van der Waals surface area contributed by atoms with Crippen LogP contribution in [0.1, 0.15) is 70.6 Å². The maximum Gasteiger partial charge on any atom is 0.475 e. The maximum absolute atomic E-state index is 13.1. The molecule has 0 radical (unpaired) electrons. The normalized spacial score (nSPS) is 22.9. The molecule has 210 valence electrons. The second-order valence-electron chi connectivity index (χ2n) is 9.14. The molecule has 0 aromatic rings. The molecule has 0 bridgehead atoms. The van der Waals surface area contributed by atoms with Gasteiger partial charge < -0.3 is 48.5 Å². The smallest absolute Gasteiger partial charge is 0.426 e. The van der Waals surface area contributed by atoms with Crippen molar-refractivity contribution in [3.05, 3.63) is 0 Å². The molecule has 0 spiro atoms. The summed E-state index contributed by atoms with van der Waals surface area (Å²) in [5.41, 5.74) is 16.3. The van der Waals surface area contributed by atoms with Crippen molar-refractivity contribution >= 4 is 36.7 Å². The first-order chi connectivity index (χ1) is 17.6. The highest BCUT2D eigenvalue weighted by atomic mass is 16.4. The number of hydrogen-bond acceptors (Lipinski definition) is 8. The van der Waals surface area contributed by atoms with E-state index in [1.807, 2.05) is 0 Å². The van der Waals surface area contributed by atoms with E-state index in [1.54, 1.807) is 0 Å². The van der Waals surface area contributed by atoms with E-state index in [1.165, 1.54) is 0 Å². The van der Waals surface area contributed by atoms with Gasteiger partial charge in [-0.3, -0.25) is 24.2 Å². The highest BCUT2D eigenvalue weighted by Gasteiger charge is 2.31. The van der Waals surface area contributed by atoms with Crippen molar-refractivity contribution in [2.45, 2.75) is 88.7 Å². The van der Waals surface area contributed by atoms with Crippen LogP contribution in [0.15, 0.2) is 4.99 Å². The Bertz CT molecular complexity index is 765. The van der Waals surface area contributed by atoms with Crippen LogP contribution in [0, 0.1) is 0 Å². The van der Waals surface area contributed by atoms with Gasteiger partial charge in [0, 0.05) is 25.9 Å². The van der Waals surface area contributed by atoms with Crippen molar-refractivity contribution in [3.63, 3.8) is 0 Å². The Morgan fingerprint density at radius 1 is 0.865 bits per heavy atom. The minimum absolute atomic E-state index is 0.0760. The second-order valence-corrected chi connectivity index (χ2v) is 9.14. The van der Waals surface area contributed by atoms with Gasteiger partial charge in [0.1, 0.15) is 12.1 Å². The predicted molar refractivity (Wildman–Crippen MR) is 140 cm³/mol. The zero-order chi connectivity index (χ0) is 27.6. The van der Waals surface area contributed by atoms with Gasteiger partial charge in [0.05, 0.1) is 5.94 Å². The number of nitrogens with zero attached hydrogens (tertiary/aromatic N) is 1. The monoisotopic (exact) mass is 526 g/mol. The zero-order valence-electron chi connectivity index (χ0n) is 21.4. The summed E-state index contributed by atoms with van der Waals surface area (Å²) in [5.74, 6) is -2.79. The summed E-state index contributed by atoms with van der Waals surface area (Å²) >= 11 is 0. The van der Waals surface area contributed by atoms with Gasteiger partial charge in [0.25, 0.3) is 0 Å². The molecule has 1 fully saturated rings. The molecule has 12 N–H and O–H groups in total. The number of carbonyl (C=O) groups is 4. The molecule has 0 aromatic heterocycles. The Labute approximate surface area is 218 Å². The average Bonchev–Trinajstić information content (AvgIpc) is 2.83. The van der Waals surface area contributed by atoms with E-state index in [0.29, 0.717) is 58.0 Å². The predicted octanol–water partition coefficient (Wildman–Crippen LogP) is -2.89. The maximum atomic E-state index is 13.1. The number of hydrogen-bond donors (Lipinski definition) is 9. The molecule has 14 nitrogen and oxygen atoms in total. The molecule has 0 aromatic carbocycles. The number of nitrogens with two attached hydrogens (primary N) is 3. The Kier molecular flexibility index (Phi) is 15.9. The van der Waals surface area contributed by atoms with Crippen molar-refractivity contribution in [3.8, 4) is 0 Å². The molecule has 1 rings (SSSR count). The summed E-state index contributed by atoms with van der Waals surface area (Å²) in [7, 11) is -1.81. The first-order valence-electron chi connectivity index (χ1n) is 12.9. The minimum atomic E-state index is -1.81. The van der Waals surface area contributed by atoms with Crippen LogP contribution in [-0.4, -0.2) is 84.4 Å². The number of aliphatic imine (C=N–C) groups is 1. The number of amides is 4. The van der Waals surface area contributed by atoms with Gasteiger partial charge in [-0.15, -0.1) is 0 Å². The average molecular weight is 526 g/mol. The van der Waals surface area contributed by atoms with Gasteiger partial charge in [-0.2, -0.15) is 0 Å². The van der Waals surface area contributed by atoms with Crippen LogP contribution < -0.4 is 38.5 Å². The fourth-order valence-electron chi connectivity index (χ4n) is 3.87. The highest BCUT2D eigenvalue weighted by Crippen LogP contribution is 2.08. The number of unbranched alkanes of at least 4 members (excludes halogenated alkanes) is 1. The van der Waals surface area contributed by atoms with Crippen LogP contribution in [0.2, 0.25) is 0 Å². The SMILES string of the molecule is NCCCC[C@@H]1NC(=O)CCCC(=O)NCCCC[C@@H](B(O)O)NC(=O)[C@H](CCCN=C(N)N)NC1=O. The zero-order valence-corrected chi connectivity index (χ0v) is 21.4. The third kappa shape index (κ3) is 14.4. The number of nitrogens with one attached hydrogen (secondary N) is 4. The second kappa shape index (κ2) is 18.4. The Hall–Kier alpha value is -2.91. The Morgan fingerprint density at radius 2 is 1.51 bits per heavy atom. The van der Waals surface area contributed by atoms with Crippen LogP contribution >= 0.6 is 0 Å². The van der Waals surface area contributed by atoms with Crippen LogP contribution in [-0.2, 0) is 19.2 Å². The molecule has 3 atom stereocenters. The van der Waals surface area contributed by atoms with Crippen molar-refractivity contribution in [2.75, 3.05) is 19.6 Å². The van der Waals surface area contributed by atoms with E-state index in [2.05, 4.69) is 26.3 Å². The lowest BCUT2D eigenvalue weighted by atomic mass is 9.76. The number of rotatable bonds is 9. The molecule has 1 saturated heterocycles. The Morgan fingerprint density at radius 3 is 2.19 bits per heavy atom. The molecule has 1 aliphatic rings. The number of carbonyl (C=O) groups excluding carboxylic acids is 4. The lowest BCUT2D eigenvalue weighted by Gasteiger charge is -2.25. The fraction of sp³-hybridized carbons (Fsp3) is 0.773. The lowest BCUT2D eigenvalue weighted by Crippen LogP contribution is -2.57. The summed E-state index contributed by atoms with van der Waals surface area (Å²) in [5, 5.41) is 30.3. The molecule has 1 heterocycles. The summed E-state index contributed by atoms with van der Waals surface area (Å²) in [6.45, 7) is 1.05. The van der Waals surface area contributed by atoms with Crippen molar-refractivity contribution < 1.29 is 29.2 Å². The standard InChI is InChI=1S/C22H43BN8O6/c24-12-3-1-7-15-20(34)30-16(8-6-14-28-22(25)26)21(35)31-17(23(36)37)9-2-4-13-27-18(32)10-5-11-19(33)29-15/h15-17,36-37H,1-14,24H2,(H,27,32)(H,29,33)(H,30,34)(H,31,35)(H4,25,26,28)/t15-,16-,17-/m0/s1. The van der Waals surface area contributed by atoms with E-state index < -0.39 is 37.0 Å². The molecule has 37 heavy (non-hydrogen) atoms. The van der Waals surface area contributed by atoms with Crippen LogP contribution in [0.25, 0.3) is 0 Å². The Balaban J connectivity index is 3.08. The quantitative estimate of drug-likeness (QED) is 0.0646. The minimum Gasteiger partial charge on any atom is -0.426 e. The van der Waals surface area contributed by atoms with Gasteiger partial charge in [-0.05, 0) is 57.9 Å². The third-order valence-corrected chi connectivity index (χ3v) is 5.94. The largest absolute Gasteiger partial charge is 0.475 e. The molecule has 4 amide bonds. The van der Waals surface area contributed by atoms with E-state index in [-0.39, 0.29) is 50.0 Å². The number of guanidine groups is 1. The summed E-state index contributed by atoms with van der Waals surface area (Å²) in [6, 6.07) is -1.92. The van der Waals surface area contributed by atoms with E-state index in [4.69, 9.17) is 17.2 Å². The molecule has 15 heteroatoms. The molecule has 0 saturated carbocycles. The van der Waals surface area contributed by atoms with Crippen LogP contribution in [0.4, 0.5) is 0 Å². The fourth-order valence-corrected chi connectivity index (χ4v) is 3.87. The van der Waals surface area contributed by atoms with E-state index in [0.717, 1.165) is 0 Å². The summed E-state index contributed by atoms with van der Waals surface area (Å²) < 4.78 is 0. The molecule has 1 aliphatic heterocycles. The highest BCUT2D eigenvalue weighted by molar-refractivity contribution is 6.43. The van der Waals surface area contributed by atoms with Gasteiger partial charge in [0.2, 0.25) is 23.6 Å². The molecule has 0 unspecified atom stereocenters. The van der Waals surface area contributed by atoms with Crippen molar-refractivity contribution in [1.29, 1.82) is 0 Å². The van der Waals surface area contributed by atoms with Crippen LogP contribution in [0.5, 0.6) is 0 Å². The van der Waals surface area contributed by atoms with Gasteiger partial charge in [0.15, 0.2) is 5.96 Å². The van der Waals surface area contributed by atoms with E-state index in [9.17, 15) is 29.2 Å². The van der Waals surface area contributed by atoms with Crippen molar-refractivity contribution in [2.24, 2.45) is 22.2 Å². The first-order valence-corrected chi connectivity index (χ1v) is 12.9. The summed E-state index contributed by atoms with van der Waals surface area (Å²) in [6.07, 6.45) is 3.99. The topological polar surface area (TPSA) is 247 Å². The van der Waals surface area contributed by atoms with Gasteiger partial charge in [-0.25, -0.2) is 0 Å². The van der Waals surface area contributed by atoms with Crippen LogP contribution in [0.3, 0.4) is 0 Å². The summed E-state index contributed by atoms with van der Waals surface area (Å²) in [4.78, 5) is 54.6. The third-order valence-electron chi connectivity index (χ3n) is 5.94. The molecular formula is C22H43BN8O6. The molecular weight excluding hydrogens is 483 g/mol. The van der Waals surface area contributed by atoms with Gasteiger partial charge in [-0.1, -0.05) is 6.42 Å². The first kappa shape index (κ1) is 32.1.